The molecule has 1 aromatic rings. The molecule has 5 heteroatoms. The largest absolute Gasteiger partial charge is 0.370 e. The van der Waals surface area contributed by atoms with Crippen LogP contribution in [0.5, 0.6) is 0 Å². The first-order valence-corrected chi connectivity index (χ1v) is 5.10. The fraction of sp³-hybridized carbons (Fsp3) is 0.455. The zero-order chi connectivity index (χ0) is 12.1. The van der Waals surface area contributed by atoms with Crippen molar-refractivity contribution in [2.75, 3.05) is 6.54 Å². The summed E-state index contributed by atoms with van der Waals surface area (Å²) in [4.78, 5) is 10.5. The van der Waals surface area contributed by atoms with Crippen molar-refractivity contribution >= 4 is 5.91 Å². The van der Waals surface area contributed by atoms with E-state index in [1.54, 1.807) is 0 Å². The highest BCUT2D eigenvalue weighted by atomic mass is 16.1. The van der Waals surface area contributed by atoms with Crippen LogP contribution in [0.3, 0.4) is 0 Å². The fourth-order valence-electron chi connectivity index (χ4n) is 1.48. The molecule has 0 fully saturated rings. The Balaban J connectivity index is 2.55. The van der Waals surface area contributed by atoms with Crippen LogP contribution < -0.4 is 11.1 Å². The van der Waals surface area contributed by atoms with Crippen LogP contribution in [0.1, 0.15) is 23.4 Å². The van der Waals surface area contributed by atoms with E-state index in [4.69, 9.17) is 11.0 Å². The molecule has 0 spiro atoms. The number of carbonyl (C=O) groups is 1. The maximum atomic E-state index is 10.5. The van der Waals surface area contributed by atoms with Crippen LogP contribution in [0, 0.1) is 18.3 Å². The van der Waals surface area contributed by atoms with Gasteiger partial charge < -0.3 is 15.6 Å². The van der Waals surface area contributed by atoms with E-state index in [2.05, 4.69) is 11.4 Å². The minimum absolute atomic E-state index is 0.310. The van der Waals surface area contributed by atoms with E-state index < -0.39 is 0 Å². The van der Waals surface area contributed by atoms with Gasteiger partial charge in [-0.2, -0.15) is 5.26 Å². The summed E-state index contributed by atoms with van der Waals surface area (Å²) in [6.07, 6.45) is 0.330. The summed E-state index contributed by atoms with van der Waals surface area (Å²) in [5.74, 6) is -0.310. The first kappa shape index (κ1) is 12.3. The second-order valence-corrected chi connectivity index (χ2v) is 3.70. The van der Waals surface area contributed by atoms with E-state index in [9.17, 15) is 4.79 Å². The van der Waals surface area contributed by atoms with E-state index in [-0.39, 0.29) is 5.91 Å². The van der Waals surface area contributed by atoms with Crippen LogP contribution in [0.2, 0.25) is 0 Å². The topological polar surface area (TPSA) is 83.8 Å². The molecule has 16 heavy (non-hydrogen) atoms. The van der Waals surface area contributed by atoms with Crippen LogP contribution in [-0.4, -0.2) is 17.0 Å². The maximum Gasteiger partial charge on any atom is 0.218 e. The van der Waals surface area contributed by atoms with Crippen molar-refractivity contribution < 1.29 is 4.79 Å². The third kappa shape index (κ3) is 2.84. The number of nitrogens with one attached hydrogen (secondary N) is 1. The van der Waals surface area contributed by atoms with Gasteiger partial charge in [0.25, 0.3) is 0 Å². The maximum absolute atomic E-state index is 10.5. The molecule has 1 aromatic heterocycles. The molecule has 0 aromatic carbocycles. The summed E-state index contributed by atoms with van der Waals surface area (Å²) in [7, 11) is 1.86. The lowest BCUT2D eigenvalue weighted by Gasteiger charge is -2.03. The second-order valence-electron chi connectivity index (χ2n) is 3.70. The first-order valence-electron chi connectivity index (χ1n) is 5.10. The van der Waals surface area contributed by atoms with Gasteiger partial charge in [-0.25, -0.2) is 0 Å². The number of rotatable bonds is 5. The molecular formula is C11H16N4O. The Bertz CT molecular complexity index is 428. The van der Waals surface area contributed by atoms with Gasteiger partial charge in [-0.15, -0.1) is 0 Å². The number of hydrogen-bond acceptors (Lipinski definition) is 3. The van der Waals surface area contributed by atoms with Gasteiger partial charge in [0.15, 0.2) is 0 Å². The normalized spacial score (nSPS) is 10.1. The molecule has 0 aliphatic heterocycles. The monoisotopic (exact) mass is 220 g/mol. The average molecular weight is 220 g/mol. The zero-order valence-corrected chi connectivity index (χ0v) is 9.58. The van der Waals surface area contributed by atoms with Crippen molar-refractivity contribution in [1.29, 1.82) is 5.26 Å². The van der Waals surface area contributed by atoms with Crippen molar-refractivity contribution in [3.63, 3.8) is 0 Å². The molecule has 0 bridgehead atoms. The van der Waals surface area contributed by atoms with Gasteiger partial charge in [0.2, 0.25) is 5.91 Å². The summed E-state index contributed by atoms with van der Waals surface area (Å²) >= 11 is 0. The van der Waals surface area contributed by atoms with Gasteiger partial charge in [0.1, 0.15) is 11.8 Å². The SMILES string of the molecule is Cc1c(CNCCC(N)=O)cc(C#N)n1C. The number of nitrogens with two attached hydrogens (primary N) is 1. The molecule has 5 nitrogen and oxygen atoms in total. The molecule has 0 radical (unpaired) electrons. The third-order valence-electron chi connectivity index (χ3n) is 2.62. The van der Waals surface area contributed by atoms with Gasteiger partial charge in [-0.05, 0) is 18.6 Å². The molecule has 1 amide bonds. The smallest absolute Gasteiger partial charge is 0.218 e. The van der Waals surface area contributed by atoms with Crippen molar-refractivity contribution in [1.82, 2.24) is 9.88 Å². The number of nitriles is 1. The summed E-state index contributed by atoms with van der Waals surface area (Å²) in [6.45, 7) is 3.17. The van der Waals surface area contributed by atoms with Crippen molar-refractivity contribution in [2.24, 2.45) is 12.8 Å². The first-order chi connectivity index (χ1) is 7.56. The van der Waals surface area contributed by atoms with Crippen molar-refractivity contribution in [2.45, 2.75) is 19.9 Å². The Hall–Kier alpha value is -1.80. The predicted molar refractivity (Wildman–Crippen MR) is 60.4 cm³/mol. The predicted octanol–water partition coefficient (Wildman–Crippen LogP) is 0.170. The lowest BCUT2D eigenvalue weighted by atomic mass is 10.2. The number of aromatic nitrogens is 1. The van der Waals surface area contributed by atoms with Crippen LogP contribution in [-0.2, 0) is 18.4 Å². The standard InChI is InChI=1S/C11H16N4O/c1-8-9(5-10(6-12)15(8)2)7-14-4-3-11(13)16/h5,14H,3-4,7H2,1-2H3,(H2,13,16). The second kappa shape index (κ2) is 5.33. The molecular weight excluding hydrogens is 204 g/mol. The third-order valence-corrected chi connectivity index (χ3v) is 2.62. The van der Waals surface area contributed by atoms with E-state index in [1.807, 2.05) is 24.6 Å². The van der Waals surface area contributed by atoms with E-state index in [0.29, 0.717) is 25.2 Å². The summed E-state index contributed by atoms with van der Waals surface area (Å²) in [5, 5.41) is 12.0. The van der Waals surface area contributed by atoms with Crippen LogP contribution in [0.25, 0.3) is 0 Å². The summed E-state index contributed by atoms with van der Waals surface area (Å²) in [6, 6.07) is 3.98. The zero-order valence-electron chi connectivity index (χ0n) is 9.58. The molecule has 0 unspecified atom stereocenters. The molecule has 0 saturated heterocycles. The summed E-state index contributed by atoms with van der Waals surface area (Å²) < 4.78 is 1.85. The average Bonchev–Trinajstić information content (AvgIpc) is 2.51. The van der Waals surface area contributed by atoms with Crippen LogP contribution in [0.4, 0.5) is 0 Å². The Morgan fingerprint density at radius 1 is 1.69 bits per heavy atom. The highest BCUT2D eigenvalue weighted by Gasteiger charge is 2.07. The van der Waals surface area contributed by atoms with Crippen molar-refractivity contribution in [3.05, 3.63) is 23.0 Å². The fourth-order valence-corrected chi connectivity index (χ4v) is 1.48. The lowest BCUT2D eigenvalue weighted by molar-refractivity contribution is -0.117. The quantitative estimate of drug-likeness (QED) is 0.694. The number of primary amides is 1. The van der Waals surface area contributed by atoms with Gasteiger partial charge in [0, 0.05) is 32.3 Å². The minimum Gasteiger partial charge on any atom is -0.370 e. The Kier molecular flexibility index (Phi) is 4.09. The Morgan fingerprint density at radius 3 is 2.88 bits per heavy atom. The van der Waals surface area contributed by atoms with Crippen LogP contribution >= 0.6 is 0 Å². The minimum atomic E-state index is -0.310. The molecule has 86 valence electrons. The van der Waals surface area contributed by atoms with E-state index in [1.165, 1.54) is 0 Å². The Labute approximate surface area is 94.8 Å². The van der Waals surface area contributed by atoms with Crippen LogP contribution in [0.15, 0.2) is 6.07 Å². The molecule has 0 atom stereocenters. The van der Waals surface area contributed by atoms with E-state index in [0.717, 1.165) is 11.3 Å². The van der Waals surface area contributed by atoms with Gasteiger partial charge in [-0.3, -0.25) is 4.79 Å². The highest BCUT2D eigenvalue weighted by molar-refractivity contribution is 5.73. The number of hydrogen-bond donors (Lipinski definition) is 2. The molecule has 0 aliphatic rings. The number of nitrogens with zero attached hydrogens (tertiary/aromatic N) is 2. The molecule has 1 heterocycles. The number of amides is 1. The Morgan fingerprint density at radius 2 is 2.38 bits per heavy atom. The summed E-state index contributed by atoms with van der Waals surface area (Å²) in [5.41, 5.74) is 7.80. The molecule has 1 rings (SSSR count). The highest BCUT2D eigenvalue weighted by Crippen LogP contribution is 2.12. The molecule has 3 N–H and O–H groups in total. The van der Waals surface area contributed by atoms with E-state index >= 15 is 0 Å². The molecule has 0 saturated carbocycles. The van der Waals surface area contributed by atoms with Gasteiger partial charge >= 0.3 is 0 Å². The van der Waals surface area contributed by atoms with Gasteiger partial charge in [0.05, 0.1) is 0 Å². The molecule has 0 aliphatic carbocycles. The lowest BCUT2D eigenvalue weighted by Crippen LogP contribution is -2.21. The van der Waals surface area contributed by atoms with Crippen molar-refractivity contribution in [3.8, 4) is 6.07 Å². The van der Waals surface area contributed by atoms with Gasteiger partial charge in [-0.1, -0.05) is 0 Å². The number of carbonyl (C=O) groups excluding carboxylic acids is 1.